The minimum atomic E-state index is 0.120. The topological polar surface area (TPSA) is 44.7 Å². The number of rotatable bonds is 0. The Morgan fingerprint density at radius 2 is 2.56 bits per heavy atom. The van der Waals surface area contributed by atoms with Gasteiger partial charge in [0.15, 0.2) is 0 Å². The van der Waals surface area contributed by atoms with Crippen LogP contribution < -0.4 is 5.32 Å². The Labute approximate surface area is 52.6 Å². The standard InChI is InChI=1S/C5H7N3O/c9-4-3-7-5-6-1-2-8(4)5/h1-3H2,(H,6,7). The van der Waals surface area contributed by atoms with E-state index in [4.69, 9.17) is 0 Å². The number of carbonyl (C=O) groups is 1. The van der Waals surface area contributed by atoms with Crippen LogP contribution in [-0.4, -0.2) is 36.4 Å². The third-order valence-electron chi connectivity index (χ3n) is 1.54. The number of guanidine groups is 1. The molecule has 0 aromatic carbocycles. The van der Waals surface area contributed by atoms with E-state index in [2.05, 4.69) is 10.3 Å². The molecule has 0 aromatic rings. The zero-order chi connectivity index (χ0) is 6.27. The highest BCUT2D eigenvalue weighted by Gasteiger charge is 2.28. The fourth-order valence-corrected chi connectivity index (χ4v) is 1.09. The van der Waals surface area contributed by atoms with Gasteiger partial charge in [0.25, 0.3) is 5.91 Å². The molecule has 0 bridgehead atoms. The van der Waals surface area contributed by atoms with Gasteiger partial charge in [-0.3, -0.25) is 9.69 Å². The molecule has 2 rings (SSSR count). The van der Waals surface area contributed by atoms with Crippen LogP contribution in [0.25, 0.3) is 0 Å². The van der Waals surface area contributed by atoms with Crippen LogP contribution in [0.2, 0.25) is 0 Å². The molecule has 1 amide bonds. The van der Waals surface area contributed by atoms with E-state index in [9.17, 15) is 4.79 Å². The molecule has 1 N–H and O–H groups in total. The Bertz CT molecular complexity index is 187. The number of nitrogens with zero attached hydrogens (tertiary/aromatic N) is 2. The Balaban J connectivity index is 2.28. The third-order valence-corrected chi connectivity index (χ3v) is 1.54. The number of amides is 1. The van der Waals surface area contributed by atoms with Crippen molar-refractivity contribution in [3.05, 3.63) is 0 Å². The van der Waals surface area contributed by atoms with Crippen molar-refractivity contribution in [1.29, 1.82) is 0 Å². The largest absolute Gasteiger partial charge is 0.354 e. The van der Waals surface area contributed by atoms with E-state index in [0.717, 1.165) is 19.0 Å². The molecule has 0 aromatic heterocycles. The van der Waals surface area contributed by atoms with Gasteiger partial charge < -0.3 is 5.32 Å². The lowest BCUT2D eigenvalue weighted by Crippen LogP contribution is -2.30. The molecule has 0 saturated carbocycles. The van der Waals surface area contributed by atoms with Crippen molar-refractivity contribution in [3.63, 3.8) is 0 Å². The van der Waals surface area contributed by atoms with Crippen molar-refractivity contribution < 1.29 is 4.79 Å². The molecule has 0 atom stereocenters. The fourth-order valence-electron chi connectivity index (χ4n) is 1.09. The predicted octanol–water partition coefficient (Wildman–Crippen LogP) is -1.21. The van der Waals surface area contributed by atoms with Gasteiger partial charge in [0.05, 0.1) is 0 Å². The van der Waals surface area contributed by atoms with Crippen molar-refractivity contribution >= 4 is 11.9 Å². The highest BCUT2D eigenvalue weighted by Crippen LogP contribution is 2.04. The normalized spacial score (nSPS) is 23.8. The van der Waals surface area contributed by atoms with Crippen LogP contribution in [0.4, 0.5) is 0 Å². The molecule has 0 unspecified atom stereocenters. The van der Waals surface area contributed by atoms with Gasteiger partial charge in [-0.05, 0) is 0 Å². The number of hydrogen-bond acceptors (Lipinski definition) is 3. The number of aliphatic imine (C=N–C) groups is 1. The first-order valence-electron chi connectivity index (χ1n) is 2.96. The highest BCUT2D eigenvalue weighted by molar-refractivity contribution is 6.04. The minimum absolute atomic E-state index is 0.120. The van der Waals surface area contributed by atoms with E-state index in [-0.39, 0.29) is 5.91 Å². The summed E-state index contributed by atoms with van der Waals surface area (Å²) < 4.78 is 0. The molecule has 2 heterocycles. The quantitative estimate of drug-likeness (QED) is 0.441. The lowest BCUT2D eigenvalue weighted by atomic mass is 10.5. The van der Waals surface area contributed by atoms with E-state index in [1.165, 1.54) is 0 Å². The van der Waals surface area contributed by atoms with E-state index in [1.54, 1.807) is 4.90 Å². The molecule has 0 spiro atoms. The van der Waals surface area contributed by atoms with Crippen LogP contribution in [0.1, 0.15) is 0 Å². The summed E-state index contributed by atoms with van der Waals surface area (Å²) in [4.78, 5) is 16.5. The van der Waals surface area contributed by atoms with Gasteiger partial charge in [-0.25, -0.2) is 4.99 Å². The van der Waals surface area contributed by atoms with Crippen LogP contribution >= 0.6 is 0 Å². The maximum atomic E-state index is 10.8. The molecular formula is C5H7N3O. The molecule has 4 heteroatoms. The number of carbonyl (C=O) groups excluding carboxylic acids is 1. The molecule has 48 valence electrons. The van der Waals surface area contributed by atoms with Gasteiger partial charge in [0, 0.05) is 13.1 Å². The molecule has 9 heavy (non-hydrogen) atoms. The first-order valence-corrected chi connectivity index (χ1v) is 2.96. The Kier molecular flexibility index (Phi) is 0.777. The fraction of sp³-hybridized carbons (Fsp3) is 0.600. The second-order valence-corrected chi connectivity index (χ2v) is 2.11. The number of fused-ring (bicyclic) bond motifs is 1. The summed E-state index contributed by atoms with van der Waals surface area (Å²) in [6.45, 7) is 1.98. The Morgan fingerprint density at radius 1 is 1.67 bits per heavy atom. The summed E-state index contributed by atoms with van der Waals surface area (Å²) in [7, 11) is 0. The zero-order valence-electron chi connectivity index (χ0n) is 4.92. The molecule has 2 aliphatic heterocycles. The number of hydrogen-bond donors (Lipinski definition) is 1. The lowest BCUT2D eigenvalue weighted by Gasteiger charge is -2.04. The molecule has 0 aliphatic carbocycles. The summed E-state index contributed by atoms with van der Waals surface area (Å²) in [6.07, 6.45) is 0. The van der Waals surface area contributed by atoms with Crippen LogP contribution in [-0.2, 0) is 4.79 Å². The average Bonchev–Trinajstić information content (AvgIpc) is 2.35. The van der Waals surface area contributed by atoms with E-state index >= 15 is 0 Å². The van der Waals surface area contributed by atoms with Crippen LogP contribution in [0.3, 0.4) is 0 Å². The van der Waals surface area contributed by atoms with Crippen LogP contribution in [0, 0.1) is 0 Å². The molecule has 0 radical (unpaired) electrons. The van der Waals surface area contributed by atoms with Gasteiger partial charge in [-0.15, -0.1) is 0 Å². The highest BCUT2D eigenvalue weighted by atomic mass is 16.2. The molecular weight excluding hydrogens is 118 g/mol. The average molecular weight is 125 g/mol. The maximum absolute atomic E-state index is 10.8. The van der Waals surface area contributed by atoms with Gasteiger partial charge in [0.1, 0.15) is 6.54 Å². The summed E-state index contributed by atoms with van der Waals surface area (Å²) in [5.41, 5.74) is 0. The van der Waals surface area contributed by atoms with Crippen molar-refractivity contribution in [1.82, 2.24) is 10.2 Å². The lowest BCUT2D eigenvalue weighted by molar-refractivity contribution is -0.124. The van der Waals surface area contributed by atoms with Crippen LogP contribution in [0.5, 0.6) is 0 Å². The summed E-state index contributed by atoms with van der Waals surface area (Å²) >= 11 is 0. The van der Waals surface area contributed by atoms with E-state index < -0.39 is 0 Å². The second kappa shape index (κ2) is 1.46. The van der Waals surface area contributed by atoms with Crippen LogP contribution in [0.15, 0.2) is 4.99 Å². The molecule has 2 aliphatic rings. The molecule has 1 saturated heterocycles. The minimum Gasteiger partial charge on any atom is -0.354 e. The number of nitrogens with one attached hydrogen (secondary N) is 1. The second-order valence-electron chi connectivity index (χ2n) is 2.11. The summed E-state index contributed by atoms with van der Waals surface area (Å²) in [5.74, 6) is 0.884. The van der Waals surface area contributed by atoms with Gasteiger partial charge >= 0.3 is 0 Å². The van der Waals surface area contributed by atoms with Gasteiger partial charge in [-0.1, -0.05) is 0 Å². The first kappa shape index (κ1) is 4.78. The monoisotopic (exact) mass is 125 g/mol. The molecule has 4 nitrogen and oxygen atoms in total. The Hall–Kier alpha value is -1.06. The van der Waals surface area contributed by atoms with Crippen molar-refractivity contribution in [2.24, 2.45) is 4.99 Å². The maximum Gasteiger partial charge on any atom is 0.251 e. The van der Waals surface area contributed by atoms with E-state index in [1.807, 2.05) is 0 Å². The zero-order valence-corrected chi connectivity index (χ0v) is 4.92. The Morgan fingerprint density at radius 3 is 3.33 bits per heavy atom. The van der Waals surface area contributed by atoms with Gasteiger partial charge in [-0.2, -0.15) is 0 Å². The van der Waals surface area contributed by atoms with Gasteiger partial charge in [0.2, 0.25) is 5.96 Å². The smallest absolute Gasteiger partial charge is 0.251 e. The predicted molar refractivity (Wildman–Crippen MR) is 32.0 cm³/mol. The van der Waals surface area contributed by atoms with Crippen molar-refractivity contribution in [2.45, 2.75) is 0 Å². The van der Waals surface area contributed by atoms with Crippen molar-refractivity contribution in [3.8, 4) is 0 Å². The SMILES string of the molecule is O=C1CN=C2NCCN12. The molecule has 1 fully saturated rings. The first-order chi connectivity index (χ1) is 4.38. The third kappa shape index (κ3) is 0.526. The van der Waals surface area contributed by atoms with Crippen molar-refractivity contribution in [2.75, 3.05) is 19.6 Å². The summed E-state index contributed by atoms with van der Waals surface area (Å²) in [5, 5.41) is 3.00. The van der Waals surface area contributed by atoms with E-state index in [0.29, 0.717) is 6.54 Å². The summed E-state index contributed by atoms with van der Waals surface area (Å²) in [6, 6.07) is 0.